The minimum atomic E-state index is -0.0339. The number of hydrogen-bond acceptors (Lipinski definition) is 5. The fourth-order valence-electron chi connectivity index (χ4n) is 4.58. The van der Waals surface area contributed by atoms with Crippen molar-refractivity contribution in [2.75, 3.05) is 45.8 Å². The van der Waals surface area contributed by atoms with Crippen molar-refractivity contribution < 1.29 is 4.79 Å². The third kappa shape index (κ3) is 5.06. The summed E-state index contributed by atoms with van der Waals surface area (Å²) in [6, 6.07) is -0.0339. The van der Waals surface area contributed by atoms with E-state index in [1.165, 1.54) is 0 Å². The van der Waals surface area contributed by atoms with Crippen molar-refractivity contribution in [2.45, 2.75) is 58.7 Å². The van der Waals surface area contributed by atoms with Crippen LogP contribution in [0.4, 0.5) is 0 Å². The summed E-state index contributed by atoms with van der Waals surface area (Å²) in [6.07, 6.45) is 4.46. The second-order valence-electron chi connectivity index (χ2n) is 8.19. The molecule has 4 heterocycles. The number of piperazine rings is 1. The SMILES string of the molecule is CCNC(=NCc1nnc2n1CCC2)N1CCN(C(C)C(=O)N2CCCC2)CC1.I. The summed E-state index contributed by atoms with van der Waals surface area (Å²) in [6.45, 7) is 11.9. The van der Waals surface area contributed by atoms with E-state index >= 15 is 0 Å². The van der Waals surface area contributed by atoms with Gasteiger partial charge in [-0.2, -0.15) is 0 Å². The average molecular weight is 530 g/mol. The molecule has 10 heteroatoms. The van der Waals surface area contributed by atoms with E-state index in [4.69, 9.17) is 4.99 Å². The minimum Gasteiger partial charge on any atom is -0.357 e. The van der Waals surface area contributed by atoms with Gasteiger partial charge in [-0.3, -0.25) is 9.69 Å². The molecule has 1 atom stereocenters. The number of carbonyl (C=O) groups excluding carboxylic acids is 1. The normalized spacial score (nSPS) is 20.8. The lowest BCUT2D eigenvalue weighted by atomic mass is 10.2. The number of rotatable bonds is 5. The van der Waals surface area contributed by atoms with Gasteiger partial charge in [-0.1, -0.05) is 0 Å². The minimum absolute atomic E-state index is 0. The zero-order valence-electron chi connectivity index (χ0n) is 18.2. The molecule has 2 saturated heterocycles. The molecule has 1 N–H and O–H groups in total. The van der Waals surface area contributed by atoms with Crippen LogP contribution in [-0.2, 0) is 24.3 Å². The number of guanidine groups is 1. The van der Waals surface area contributed by atoms with Gasteiger partial charge in [0.05, 0.1) is 6.04 Å². The Balaban J connectivity index is 0.00000256. The zero-order valence-corrected chi connectivity index (χ0v) is 20.5. The maximum absolute atomic E-state index is 12.7. The summed E-state index contributed by atoms with van der Waals surface area (Å²) >= 11 is 0. The molecule has 30 heavy (non-hydrogen) atoms. The molecule has 4 rings (SSSR count). The van der Waals surface area contributed by atoms with Crippen molar-refractivity contribution in [1.29, 1.82) is 0 Å². The lowest BCUT2D eigenvalue weighted by Crippen LogP contribution is -2.57. The first-order valence-electron chi connectivity index (χ1n) is 11.1. The molecule has 0 aromatic carbocycles. The Labute approximate surface area is 196 Å². The van der Waals surface area contributed by atoms with Gasteiger partial charge in [0, 0.05) is 58.8 Å². The Morgan fingerprint density at radius 2 is 1.77 bits per heavy atom. The Hall–Kier alpha value is -1.43. The highest BCUT2D eigenvalue weighted by Gasteiger charge is 2.30. The van der Waals surface area contributed by atoms with Crippen LogP contribution in [0, 0.1) is 0 Å². The van der Waals surface area contributed by atoms with Crippen LogP contribution in [0.5, 0.6) is 0 Å². The van der Waals surface area contributed by atoms with Crippen molar-refractivity contribution in [1.82, 2.24) is 34.8 Å². The number of nitrogens with zero attached hydrogens (tertiary/aromatic N) is 7. The first-order valence-corrected chi connectivity index (χ1v) is 11.1. The van der Waals surface area contributed by atoms with E-state index in [1.54, 1.807) is 0 Å². The molecule has 0 radical (unpaired) electrons. The predicted octanol–water partition coefficient (Wildman–Crippen LogP) is 0.936. The summed E-state index contributed by atoms with van der Waals surface area (Å²) in [5, 5.41) is 12.0. The average Bonchev–Trinajstić information content (AvgIpc) is 3.49. The number of aryl methyl sites for hydroxylation is 1. The van der Waals surface area contributed by atoms with Gasteiger partial charge in [0.15, 0.2) is 11.8 Å². The number of halogens is 1. The predicted molar refractivity (Wildman–Crippen MR) is 127 cm³/mol. The van der Waals surface area contributed by atoms with E-state index in [2.05, 4.69) is 43.7 Å². The van der Waals surface area contributed by atoms with E-state index < -0.39 is 0 Å². The third-order valence-corrected chi connectivity index (χ3v) is 6.33. The fourth-order valence-corrected chi connectivity index (χ4v) is 4.58. The second kappa shape index (κ2) is 10.7. The van der Waals surface area contributed by atoms with E-state index in [0.29, 0.717) is 6.54 Å². The van der Waals surface area contributed by atoms with Gasteiger partial charge in [-0.05, 0) is 33.1 Å². The second-order valence-corrected chi connectivity index (χ2v) is 8.19. The van der Waals surface area contributed by atoms with Gasteiger partial charge >= 0.3 is 0 Å². The Kier molecular flexibility index (Phi) is 8.32. The van der Waals surface area contributed by atoms with Crippen molar-refractivity contribution in [2.24, 2.45) is 4.99 Å². The highest BCUT2D eigenvalue weighted by Crippen LogP contribution is 2.16. The third-order valence-electron chi connectivity index (χ3n) is 6.33. The molecule has 168 valence electrons. The van der Waals surface area contributed by atoms with Crippen molar-refractivity contribution in [3.8, 4) is 0 Å². The molecular formula is C20H35IN8O. The first kappa shape index (κ1) is 23.2. The van der Waals surface area contributed by atoms with Crippen LogP contribution < -0.4 is 5.32 Å². The summed E-state index contributed by atoms with van der Waals surface area (Å²) in [5.74, 6) is 3.26. The fraction of sp³-hybridized carbons (Fsp3) is 0.800. The van der Waals surface area contributed by atoms with Crippen molar-refractivity contribution in [3.63, 3.8) is 0 Å². The zero-order chi connectivity index (χ0) is 20.2. The quantitative estimate of drug-likeness (QED) is 0.347. The molecule has 1 aromatic rings. The van der Waals surface area contributed by atoms with Gasteiger partial charge < -0.3 is 19.7 Å². The van der Waals surface area contributed by atoms with Crippen LogP contribution in [0.15, 0.2) is 4.99 Å². The topological polar surface area (TPSA) is 81.9 Å². The summed E-state index contributed by atoms with van der Waals surface area (Å²) < 4.78 is 2.21. The standard InChI is InChI=1S/C20H34N8O.HI/c1-3-21-20(22-15-18-24-23-17-7-6-10-28(17)18)27-13-11-25(12-14-27)16(2)19(29)26-8-4-5-9-26;/h16H,3-15H2,1-2H3,(H,21,22);1H. The van der Waals surface area contributed by atoms with Crippen LogP contribution in [0.25, 0.3) is 0 Å². The summed E-state index contributed by atoms with van der Waals surface area (Å²) in [7, 11) is 0. The van der Waals surface area contributed by atoms with E-state index in [0.717, 1.165) is 95.6 Å². The van der Waals surface area contributed by atoms with Crippen LogP contribution in [-0.4, -0.2) is 93.2 Å². The Bertz CT molecular complexity index is 737. The van der Waals surface area contributed by atoms with E-state index in [1.807, 2.05) is 4.90 Å². The van der Waals surface area contributed by atoms with Crippen LogP contribution >= 0.6 is 24.0 Å². The monoisotopic (exact) mass is 530 g/mol. The Morgan fingerprint density at radius 3 is 2.47 bits per heavy atom. The number of likely N-dealkylation sites (tertiary alicyclic amines) is 1. The molecule has 0 saturated carbocycles. The Morgan fingerprint density at radius 1 is 1.03 bits per heavy atom. The van der Waals surface area contributed by atoms with E-state index in [9.17, 15) is 4.79 Å². The smallest absolute Gasteiger partial charge is 0.239 e. The number of amides is 1. The van der Waals surface area contributed by atoms with Crippen LogP contribution in [0.3, 0.4) is 0 Å². The molecule has 2 fully saturated rings. The molecule has 3 aliphatic heterocycles. The number of nitrogens with one attached hydrogen (secondary N) is 1. The molecule has 1 amide bonds. The molecule has 0 bridgehead atoms. The van der Waals surface area contributed by atoms with Crippen molar-refractivity contribution in [3.05, 3.63) is 11.6 Å². The maximum atomic E-state index is 12.7. The maximum Gasteiger partial charge on any atom is 0.239 e. The molecule has 1 unspecified atom stereocenters. The highest BCUT2D eigenvalue weighted by molar-refractivity contribution is 14.0. The number of hydrogen-bond donors (Lipinski definition) is 1. The largest absolute Gasteiger partial charge is 0.357 e. The van der Waals surface area contributed by atoms with Crippen molar-refractivity contribution >= 4 is 35.8 Å². The number of aliphatic imine (C=N–C) groups is 1. The van der Waals surface area contributed by atoms with Gasteiger partial charge in [-0.15, -0.1) is 34.2 Å². The first-order chi connectivity index (χ1) is 14.2. The summed E-state index contributed by atoms with van der Waals surface area (Å²) in [4.78, 5) is 24.2. The van der Waals surface area contributed by atoms with Gasteiger partial charge in [0.2, 0.25) is 5.91 Å². The molecule has 1 aromatic heterocycles. The molecule has 0 aliphatic carbocycles. The lowest BCUT2D eigenvalue weighted by molar-refractivity contribution is -0.135. The number of aromatic nitrogens is 3. The highest BCUT2D eigenvalue weighted by atomic mass is 127. The molecular weight excluding hydrogens is 495 g/mol. The van der Waals surface area contributed by atoms with Crippen LogP contribution in [0.2, 0.25) is 0 Å². The van der Waals surface area contributed by atoms with Gasteiger partial charge in [0.25, 0.3) is 0 Å². The molecule has 3 aliphatic rings. The number of fused-ring (bicyclic) bond motifs is 1. The van der Waals surface area contributed by atoms with Gasteiger partial charge in [0.1, 0.15) is 12.4 Å². The lowest BCUT2D eigenvalue weighted by Gasteiger charge is -2.39. The summed E-state index contributed by atoms with van der Waals surface area (Å²) in [5.41, 5.74) is 0. The molecule has 0 spiro atoms. The molecule has 9 nitrogen and oxygen atoms in total. The number of carbonyl (C=O) groups is 1. The van der Waals surface area contributed by atoms with Crippen LogP contribution in [0.1, 0.15) is 44.8 Å². The van der Waals surface area contributed by atoms with E-state index in [-0.39, 0.29) is 35.9 Å². The van der Waals surface area contributed by atoms with Gasteiger partial charge in [-0.25, -0.2) is 4.99 Å².